The lowest BCUT2D eigenvalue weighted by Crippen LogP contribution is -2.45. The summed E-state index contributed by atoms with van der Waals surface area (Å²) in [5.41, 5.74) is 0.826. The van der Waals surface area contributed by atoms with E-state index in [9.17, 15) is 13.2 Å². The van der Waals surface area contributed by atoms with Crippen LogP contribution in [0.1, 0.15) is 6.92 Å². The van der Waals surface area contributed by atoms with Crippen LogP contribution in [0.3, 0.4) is 0 Å². The van der Waals surface area contributed by atoms with E-state index in [0.717, 1.165) is 10.6 Å². The largest absolute Gasteiger partial charge is 0.497 e. The molecular weight excluding hydrogens is 384 g/mol. The Morgan fingerprint density at radius 1 is 1.14 bits per heavy atom. The first kappa shape index (κ1) is 19.8. The SMILES string of the molecule is COc1cccc(N([C@H](C)C(=O)Nc2ccc3c(c2)OCCO3)S(C)(=O)=O)c1. The highest BCUT2D eigenvalue weighted by molar-refractivity contribution is 7.92. The van der Waals surface area contributed by atoms with Crippen molar-refractivity contribution in [3.63, 3.8) is 0 Å². The Kier molecular flexibility index (Phi) is 5.64. The zero-order valence-electron chi connectivity index (χ0n) is 15.8. The molecule has 0 spiro atoms. The first-order valence-electron chi connectivity index (χ1n) is 8.63. The van der Waals surface area contributed by atoms with Gasteiger partial charge in [-0.2, -0.15) is 0 Å². The topological polar surface area (TPSA) is 94.2 Å². The van der Waals surface area contributed by atoms with Gasteiger partial charge in [0.1, 0.15) is 25.0 Å². The van der Waals surface area contributed by atoms with E-state index >= 15 is 0 Å². The van der Waals surface area contributed by atoms with Crippen molar-refractivity contribution in [1.29, 1.82) is 0 Å². The van der Waals surface area contributed by atoms with Crippen LogP contribution in [0.15, 0.2) is 42.5 Å². The smallest absolute Gasteiger partial charge is 0.247 e. The van der Waals surface area contributed by atoms with Gasteiger partial charge < -0.3 is 19.5 Å². The minimum Gasteiger partial charge on any atom is -0.497 e. The van der Waals surface area contributed by atoms with E-state index < -0.39 is 22.0 Å². The molecule has 0 bridgehead atoms. The number of carbonyl (C=O) groups excluding carboxylic acids is 1. The maximum absolute atomic E-state index is 12.8. The van der Waals surface area contributed by atoms with Crippen LogP contribution in [-0.4, -0.2) is 46.9 Å². The fraction of sp³-hybridized carbons (Fsp3) is 0.316. The average molecular weight is 406 g/mol. The number of nitrogens with zero attached hydrogens (tertiary/aromatic N) is 1. The normalized spacial score (nSPS) is 14.1. The first-order chi connectivity index (χ1) is 13.3. The van der Waals surface area contributed by atoms with Crippen molar-refractivity contribution >= 4 is 27.3 Å². The third kappa shape index (κ3) is 4.30. The molecule has 1 amide bonds. The summed E-state index contributed by atoms with van der Waals surface area (Å²) in [6, 6.07) is 10.6. The summed E-state index contributed by atoms with van der Waals surface area (Å²) in [5.74, 6) is 1.14. The van der Waals surface area contributed by atoms with E-state index in [1.807, 2.05) is 0 Å². The van der Waals surface area contributed by atoms with Crippen molar-refractivity contribution in [2.75, 3.05) is 36.2 Å². The van der Waals surface area contributed by atoms with Crippen molar-refractivity contribution < 1.29 is 27.4 Å². The van der Waals surface area contributed by atoms with E-state index in [4.69, 9.17) is 14.2 Å². The highest BCUT2D eigenvalue weighted by Crippen LogP contribution is 2.33. The monoisotopic (exact) mass is 406 g/mol. The molecule has 1 atom stereocenters. The molecule has 1 N–H and O–H groups in total. The summed E-state index contributed by atoms with van der Waals surface area (Å²) in [6.07, 6.45) is 1.06. The zero-order chi connectivity index (χ0) is 20.3. The third-order valence-electron chi connectivity index (χ3n) is 4.21. The second kappa shape index (κ2) is 7.97. The number of benzene rings is 2. The number of rotatable bonds is 6. The average Bonchev–Trinajstić information content (AvgIpc) is 2.67. The number of anilines is 2. The maximum atomic E-state index is 12.8. The predicted molar refractivity (Wildman–Crippen MR) is 106 cm³/mol. The van der Waals surface area contributed by atoms with Gasteiger partial charge in [0.25, 0.3) is 0 Å². The van der Waals surface area contributed by atoms with E-state index in [1.165, 1.54) is 14.0 Å². The molecule has 2 aromatic carbocycles. The van der Waals surface area contributed by atoms with Gasteiger partial charge in [-0.15, -0.1) is 0 Å². The Morgan fingerprint density at radius 3 is 2.54 bits per heavy atom. The summed E-state index contributed by atoms with van der Waals surface area (Å²) in [6.45, 7) is 2.42. The standard InChI is InChI=1S/C19H22N2O6S/c1-13(21(28(3,23)24)15-5-4-6-16(12-15)25-2)19(22)20-14-7-8-17-18(11-14)27-10-9-26-17/h4-8,11-13H,9-10H2,1-3H3,(H,20,22)/t13-/m1/s1. The molecule has 150 valence electrons. The van der Waals surface area contributed by atoms with E-state index in [-0.39, 0.29) is 0 Å². The molecule has 1 aliphatic heterocycles. The lowest BCUT2D eigenvalue weighted by atomic mass is 10.2. The van der Waals surface area contributed by atoms with Crippen LogP contribution in [0.5, 0.6) is 17.2 Å². The predicted octanol–water partition coefficient (Wildman–Crippen LogP) is 2.26. The van der Waals surface area contributed by atoms with Gasteiger partial charge in [0.15, 0.2) is 11.5 Å². The Hall–Kier alpha value is -2.94. The molecule has 2 aromatic rings. The second-order valence-corrected chi connectivity index (χ2v) is 8.14. The summed E-state index contributed by atoms with van der Waals surface area (Å²) >= 11 is 0. The minimum atomic E-state index is -3.72. The fourth-order valence-electron chi connectivity index (χ4n) is 2.92. The van der Waals surface area contributed by atoms with Gasteiger partial charge in [-0.3, -0.25) is 9.10 Å². The summed E-state index contributed by atoms with van der Waals surface area (Å²) in [4.78, 5) is 12.8. The Labute approximate surface area is 164 Å². The Morgan fingerprint density at radius 2 is 1.86 bits per heavy atom. The highest BCUT2D eigenvalue weighted by Gasteiger charge is 2.29. The number of methoxy groups -OCH3 is 1. The van der Waals surface area contributed by atoms with Gasteiger partial charge in [0.05, 0.1) is 19.1 Å². The number of sulfonamides is 1. The molecule has 1 aliphatic rings. The highest BCUT2D eigenvalue weighted by atomic mass is 32.2. The third-order valence-corrected chi connectivity index (χ3v) is 5.45. The second-order valence-electron chi connectivity index (χ2n) is 6.28. The summed E-state index contributed by atoms with van der Waals surface area (Å²) in [7, 11) is -2.23. The summed E-state index contributed by atoms with van der Waals surface area (Å²) < 4.78 is 42.0. The molecule has 0 saturated carbocycles. The van der Waals surface area contributed by atoms with Gasteiger partial charge in [0.2, 0.25) is 15.9 Å². The molecular formula is C19H22N2O6S. The molecule has 0 saturated heterocycles. The van der Waals surface area contributed by atoms with Crippen LogP contribution in [0, 0.1) is 0 Å². The quantitative estimate of drug-likeness (QED) is 0.791. The Balaban J connectivity index is 1.84. The van der Waals surface area contributed by atoms with Crippen molar-refractivity contribution in [2.45, 2.75) is 13.0 Å². The number of amides is 1. The van der Waals surface area contributed by atoms with Crippen molar-refractivity contribution in [1.82, 2.24) is 0 Å². The van der Waals surface area contributed by atoms with Crippen molar-refractivity contribution in [3.05, 3.63) is 42.5 Å². The molecule has 1 heterocycles. The van der Waals surface area contributed by atoms with Gasteiger partial charge in [-0.1, -0.05) is 6.07 Å². The lowest BCUT2D eigenvalue weighted by molar-refractivity contribution is -0.116. The van der Waals surface area contributed by atoms with Crippen LogP contribution >= 0.6 is 0 Å². The number of ether oxygens (including phenoxy) is 3. The molecule has 0 aliphatic carbocycles. The van der Waals surface area contributed by atoms with Crippen LogP contribution in [0.4, 0.5) is 11.4 Å². The summed E-state index contributed by atoms with van der Waals surface area (Å²) in [5, 5.41) is 2.73. The molecule has 0 fully saturated rings. The van der Waals surface area contributed by atoms with Gasteiger partial charge in [-0.25, -0.2) is 8.42 Å². The number of carbonyl (C=O) groups is 1. The van der Waals surface area contributed by atoms with Crippen LogP contribution in [0.2, 0.25) is 0 Å². The van der Waals surface area contributed by atoms with Crippen molar-refractivity contribution in [3.8, 4) is 17.2 Å². The van der Waals surface area contributed by atoms with E-state index in [1.54, 1.807) is 42.5 Å². The van der Waals surface area contributed by atoms with Gasteiger partial charge >= 0.3 is 0 Å². The van der Waals surface area contributed by atoms with Gasteiger partial charge in [-0.05, 0) is 31.2 Å². The number of nitrogens with one attached hydrogen (secondary N) is 1. The van der Waals surface area contributed by atoms with Crippen molar-refractivity contribution in [2.24, 2.45) is 0 Å². The molecule has 8 nitrogen and oxygen atoms in total. The molecule has 0 unspecified atom stereocenters. The van der Waals surface area contributed by atoms with E-state index in [0.29, 0.717) is 41.8 Å². The van der Waals surface area contributed by atoms with Crippen LogP contribution < -0.4 is 23.8 Å². The van der Waals surface area contributed by atoms with Crippen LogP contribution in [-0.2, 0) is 14.8 Å². The number of fused-ring (bicyclic) bond motifs is 1. The molecule has 9 heteroatoms. The first-order valence-corrected chi connectivity index (χ1v) is 10.5. The fourth-order valence-corrected chi connectivity index (χ4v) is 4.09. The minimum absolute atomic E-state index is 0.340. The van der Waals surface area contributed by atoms with E-state index in [2.05, 4.69) is 5.32 Å². The van der Waals surface area contributed by atoms with Gasteiger partial charge in [0, 0.05) is 17.8 Å². The van der Waals surface area contributed by atoms with Crippen LogP contribution in [0.25, 0.3) is 0 Å². The number of hydrogen-bond donors (Lipinski definition) is 1. The molecule has 28 heavy (non-hydrogen) atoms. The maximum Gasteiger partial charge on any atom is 0.247 e. The Bertz CT molecular complexity index is 976. The zero-order valence-corrected chi connectivity index (χ0v) is 16.7. The lowest BCUT2D eigenvalue weighted by Gasteiger charge is -2.28. The molecule has 3 rings (SSSR count). The molecule has 0 radical (unpaired) electrons. The number of hydrogen-bond acceptors (Lipinski definition) is 6. The molecule has 0 aromatic heterocycles.